The van der Waals surface area contributed by atoms with Gasteiger partial charge in [0.15, 0.2) is 17.5 Å². The van der Waals surface area contributed by atoms with Gasteiger partial charge in [-0.3, -0.25) is 0 Å². The Labute approximate surface area is 269 Å². The van der Waals surface area contributed by atoms with Crippen molar-refractivity contribution in [1.29, 1.82) is 0 Å². The lowest BCUT2D eigenvalue weighted by Crippen LogP contribution is -2.00. The van der Waals surface area contributed by atoms with Gasteiger partial charge in [-0.1, -0.05) is 127 Å². The maximum absolute atomic E-state index is 5.22. The average molecular weight is 605 g/mol. The minimum atomic E-state index is 0.608. The number of hydrogen-bond acceptors (Lipinski definition) is 7. The Balaban J connectivity index is 1.21. The molecular formula is C40H24N6O. The third-order valence-corrected chi connectivity index (χ3v) is 8.41. The van der Waals surface area contributed by atoms with Gasteiger partial charge in [-0.2, -0.15) is 0 Å². The molecule has 0 amide bonds. The first-order valence-corrected chi connectivity index (χ1v) is 15.3. The number of hydrogen-bond donors (Lipinski definition) is 0. The molecule has 0 saturated carbocycles. The summed E-state index contributed by atoms with van der Waals surface area (Å²) in [5.74, 6) is 1.87. The summed E-state index contributed by atoms with van der Waals surface area (Å²) in [6.45, 7) is 0. The molecule has 0 fully saturated rings. The molecule has 47 heavy (non-hydrogen) atoms. The van der Waals surface area contributed by atoms with Crippen LogP contribution in [-0.2, 0) is 0 Å². The molecule has 0 radical (unpaired) electrons. The van der Waals surface area contributed by atoms with Crippen molar-refractivity contribution in [2.45, 2.75) is 0 Å². The maximum atomic E-state index is 5.22. The number of aromatic nitrogens is 6. The van der Waals surface area contributed by atoms with E-state index in [1.54, 1.807) is 0 Å². The molecule has 0 atom stereocenters. The van der Waals surface area contributed by atoms with Crippen molar-refractivity contribution < 1.29 is 4.63 Å². The molecule has 0 spiro atoms. The van der Waals surface area contributed by atoms with Gasteiger partial charge >= 0.3 is 0 Å². The number of benzene rings is 6. The highest BCUT2D eigenvalue weighted by Gasteiger charge is 2.19. The van der Waals surface area contributed by atoms with Crippen molar-refractivity contribution in [2.24, 2.45) is 0 Å². The summed E-state index contributed by atoms with van der Waals surface area (Å²) >= 11 is 0. The van der Waals surface area contributed by atoms with Crippen molar-refractivity contribution in [1.82, 2.24) is 30.2 Å². The SMILES string of the molecule is c1ccc(-c2nc(-c3ccccc3)nc(-c3ccc(-c4cccc5nc(-c6ccccc6)c6ccc7nonc7c6c45)cc3)n2)cc1. The minimum Gasteiger partial charge on any atom is -0.247 e. The quantitative estimate of drug-likeness (QED) is 0.181. The lowest BCUT2D eigenvalue weighted by molar-refractivity contribution is 0.316. The van der Waals surface area contributed by atoms with E-state index in [-0.39, 0.29) is 0 Å². The molecule has 0 aliphatic heterocycles. The van der Waals surface area contributed by atoms with E-state index in [1.807, 2.05) is 97.1 Å². The third kappa shape index (κ3) is 4.69. The molecule has 9 rings (SSSR count). The molecule has 9 aromatic rings. The Morgan fingerprint density at radius 2 is 0.915 bits per heavy atom. The molecule has 0 unspecified atom stereocenters. The van der Waals surface area contributed by atoms with E-state index in [9.17, 15) is 0 Å². The normalized spacial score (nSPS) is 11.4. The van der Waals surface area contributed by atoms with E-state index >= 15 is 0 Å². The van der Waals surface area contributed by atoms with Crippen LogP contribution < -0.4 is 0 Å². The van der Waals surface area contributed by atoms with Crippen LogP contribution in [0.15, 0.2) is 150 Å². The summed E-state index contributed by atoms with van der Waals surface area (Å²) in [6.07, 6.45) is 0. The summed E-state index contributed by atoms with van der Waals surface area (Å²) < 4.78 is 5.22. The lowest BCUT2D eigenvalue weighted by Gasteiger charge is -2.14. The third-order valence-electron chi connectivity index (χ3n) is 8.41. The Bertz CT molecular complexity index is 2490. The smallest absolute Gasteiger partial charge is 0.164 e. The molecule has 3 heterocycles. The van der Waals surface area contributed by atoms with Gasteiger partial charge in [0.1, 0.15) is 11.0 Å². The summed E-state index contributed by atoms with van der Waals surface area (Å²) in [5.41, 5.74) is 9.03. The Kier molecular flexibility index (Phi) is 6.31. The second-order valence-electron chi connectivity index (χ2n) is 11.3. The fourth-order valence-corrected chi connectivity index (χ4v) is 6.17. The van der Waals surface area contributed by atoms with Gasteiger partial charge < -0.3 is 0 Å². The van der Waals surface area contributed by atoms with Gasteiger partial charge in [0.2, 0.25) is 0 Å². The predicted octanol–water partition coefficient (Wildman–Crippen LogP) is 9.44. The number of fused-ring (bicyclic) bond motifs is 5. The zero-order chi connectivity index (χ0) is 31.2. The van der Waals surface area contributed by atoms with Crippen LogP contribution in [0.2, 0.25) is 0 Å². The second kappa shape index (κ2) is 11.1. The highest BCUT2D eigenvalue weighted by Crippen LogP contribution is 2.40. The van der Waals surface area contributed by atoms with Crippen LogP contribution in [0.1, 0.15) is 0 Å². The van der Waals surface area contributed by atoms with E-state index < -0.39 is 0 Å². The first-order valence-electron chi connectivity index (χ1n) is 15.3. The molecule has 7 nitrogen and oxygen atoms in total. The van der Waals surface area contributed by atoms with Crippen LogP contribution in [0.4, 0.5) is 0 Å². The van der Waals surface area contributed by atoms with Crippen molar-refractivity contribution in [3.8, 4) is 56.5 Å². The zero-order valence-corrected chi connectivity index (χ0v) is 24.9. The van der Waals surface area contributed by atoms with Crippen molar-refractivity contribution in [3.05, 3.63) is 146 Å². The zero-order valence-electron chi connectivity index (χ0n) is 24.9. The van der Waals surface area contributed by atoms with E-state index in [0.29, 0.717) is 28.5 Å². The summed E-state index contributed by atoms with van der Waals surface area (Å²) in [4.78, 5) is 19.8. The van der Waals surface area contributed by atoms with Crippen LogP contribution in [0.25, 0.3) is 89.3 Å². The first-order chi connectivity index (χ1) is 23.3. The van der Waals surface area contributed by atoms with Gasteiger partial charge in [0.25, 0.3) is 0 Å². The minimum absolute atomic E-state index is 0.608. The molecule has 7 heteroatoms. The van der Waals surface area contributed by atoms with Crippen LogP contribution in [0, 0.1) is 0 Å². The summed E-state index contributed by atoms with van der Waals surface area (Å²) in [5, 5.41) is 11.5. The lowest BCUT2D eigenvalue weighted by atomic mass is 9.93. The highest BCUT2D eigenvalue weighted by molar-refractivity contribution is 6.24. The Hall–Kier alpha value is -6.60. The van der Waals surface area contributed by atoms with E-state index in [1.165, 1.54) is 0 Å². The molecule has 0 aliphatic carbocycles. The second-order valence-corrected chi connectivity index (χ2v) is 11.3. The van der Waals surface area contributed by atoms with E-state index in [2.05, 4.69) is 58.8 Å². The fourth-order valence-electron chi connectivity index (χ4n) is 6.17. The van der Waals surface area contributed by atoms with Gasteiger partial charge in [0, 0.05) is 38.4 Å². The largest absolute Gasteiger partial charge is 0.247 e. The standard InChI is InChI=1S/C40H24N6O/c1-4-11-26(12-5-1)36-31-23-24-33-37(46-47-45-33)35(31)34-30(17-10-18-32(34)41-36)25-19-21-29(22-20-25)40-43-38(27-13-6-2-7-14-27)42-39(44-40)28-15-8-3-9-16-28/h1-24H. The fraction of sp³-hybridized carbons (Fsp3) is 0. The van der Waals surface area contributed by atoms with Crippen LogP contribution in [-0.4, -0.2) is 30.2 Å². The van der Waals surface area contributed by atoms with Crippen LogP contribution in [0.3, 0.4) is 0 Å². The molecule has 0 aliphatic rings. The van der Waals surface area contributed by atoms with Gasteiger partial charge in [0.05, 0.1) is 11.2 Å². The topological polar surface area (TPSA) is 90.5 Å². The molecular weight excluding hydrogens is 580 g/mol. The monoisotopic (exact) mass is 604 g/mol. The summed E-state index contributed by atoms with van der Waals surface area (Å²) in [6, 6.07) is 48.8. The maximum Gasteiger partial charge on any atom is 0.164 e. The molecule has 0 saturated heterocycles. The summed E-state index contributed by atoms with van der Waals surface area (Å²) in [7, 11) is 0. The van der Waals surface area contributed by atoms with Crippen molar-refractivity contribution in [3.63, 3.8) is 0 Å². The Morgan fingerprint density at radius 3 is 1.53 bits per heavy atom. The number of pyridine rings is 1. The first kappa shape index (κ1) is 26.8. The highest BCUT2D eigenvalue weighted by atomic mass is 16.6. The van der Waals surface area contributed by atoms with Crippen molar-refractivity contribution >= 4 is 32.7 Å². The van der Waals surface area contributed by atoms with Gasteiger partial charge in [-0.25, -0.2) is 24.6 Å². The van der Waals surface area contributed by atoms with Crippen LogP contribution >= 0.6 is 0 Å². The van der Waals surface area contributed by atoms with Gasteiger partial charge in [-0.05, 0) is 39.6 Å². The number of rotatable bonds is 5. The predicted molar refractivity (Wildman–Crippen MR) is 185 cm³/mol. The van der Waals surface area contributed by atoms with Crippen molar-refractivity contribution in [2.75, 3.05) is 0 Å². The number of nitrogens with zero attached hydrogens (tertiary/aromatic N) is 6. The van der Waals surface area contributed by atoms with Gasteiger partial charge in [-0.15, -0.1) is 0 Å². The molecule has 220 valence electrons. The molecule has 6 aromatic carbocycles. The Morgan fingerprint density at radius 1 is 0.362 bits per heavy atom. The molecule has 0 N–H and O–H groups in total. The molecule has 0 bridgehead atoms. The molecule has 3 aromatic heterocycles. The van der Waals surface area contributed by atoms with E-state index in [0.717, 1.165) is 60.8 Å². The average Bonchev–Trinajstić information content (AvgIpc) is 3.65. The van der Waals surface area contributed by atoms with Crippen LogP contribution in [0.5, 0.6) is 0 Å². The van der Waals surface area contributed by atoms with E-state index in [4.69, 9.17) is 24.6 Å².